The minimum Gasteiger partial charge on any atom is -0.315 e. The van der Waals surface area contributed by atoms with Gasteiger partial charge in [-0.2, -0.15) is 0 Å². The topological polar surface area (TPSA) is 58.2 Å². The first kappa shape index (κ1) is 18.9. The van der Waals surface area contributed by atoms with Crippen molar-refractivity contribution in [1.29, 1.82) is 0 Å². The maximum absolute atomic E-state index is 12.1. The van der Waals surface area contributed by atoms with Crippen LogP contribution < -0.4 is 10.0 Å². The molecule has 5 heteroatoms. The Morgan fingerprint density at radius 3 is 2.21 bits per heavy atom. The van der Waals surface area contributed by atoms with Crippen molar-refractivity contribution < 1.29 is 8.42 Å². The smallest absolute Gasteiger partial charge is 0.215 e. The van der Waals surface area contributed by atoms with Crippen LogP contribution in [-0.4, -0.2) is 32.8 Å². The standard InChI is InChI=1S/C14H32N2O2S/c1-6-10-15-11-14(5)19(17,18)16-13(4)9-7-8-12(2)3/h12-16H,6-11H2,1-5H3. The van der Waals surface area contributed by atoms with Crippen LogP contribution in [0.15, 0.2) is 0 Å². The van der Waals surface area contributed by atoms with Gasteiger partial charge in [-0.25, -0.2) is 13.1 Å². The highest BCUT2D eigenvalue weighted by molar-refractivity contribution is 7.90. The molecule has 4 nitrogen and oxygen atoms in total. The van der Waals surface area contributed by atoms with Gasteiger partial charge in [0.25, 0.3) is 0 Å². The average molecular weight is 292 g/mol. The first-order valence-corrected chi connectivity index (χ1v) is 9.06. The van der Waals surface area contributed by atoms with Gasteiger partial charge < -0.3 is 5.32 Å². The van der Waals surface area contributed by atoms with E-state index in [1.165, 1.54) is 0 Å². The molecule has 0 aromatic heterocycles. The summed E-state index contributed by atoms with van der Waals surface area (Å²) in [6.07, 6.45) is 4.15. The maximum atomic E-state index is 12.1. The van der Waals surface area contributed by atoms with Crippen LogP contribution in [0.25, 0.3) is 0 Å². The van der Waals surface area contributed by atoms with Gasteiger partial charge in [-0.15, -0.1) is 0 Å². The van der Waals surface area contributed by atoms with Gasteiger partial charge in [-0.3, -0.25) is 0 Å². The molecule has 2 atom stereocenters. The minimum atomic E-state index is -3.20. The Balaban J connectivity index is 4.05. The van der Waals surface area contributed by atoms with E-state index in [-0.39, 0.29) is 11.3 Å². The number of sulfonamides is 1. The minimum absolute atomic E-state index is 0.0253. The van der Waals surface area contributed by atoms with Crippen molar-refractivity contribution >= 4 is 10.0 Å². The summed E-state index contributed by atoms with van der Waals surface area (Å²) in [4.78, 5) is 0. The highest BCUT2D eigenvalue weighted by Gasteiger charge is 2.22. The Bertz CT molecular complexity index is 315. The Hall–Kier alpha value is -0.130. The van der Waals surface area contributed by atoms with E-state index in [1.807, 2.05) is 6.92 Å². The molecule has 0 aliphatic heterocycles. The lowest BCUT2D eigenvalue weighted by Gasteiger charge is -2.19. The van der Waals surface area contributed by atoms with E-state index < -0.39 is 10.0 Å². The molecule has 19 heavy (non-hydrogen) atoms. The van der Waals surface area contributed by atoms with Crippen LogP contribution in [0.1, 0.15) is 60.3 Å². The SMILES string of the molecule is CCCNCC(C)S(=O)(=O)NC(C)CCCC(C)C. The van der Waals surface area contributed by atoms with Crippen molar-refractivity contribution in [2.75, 3.05) is 13.1 Å². The summed E-state index contributed by atoms with van der Waals surface area (Å²) >= 11 is 0. The Kier molecular flexibility index (Phi) is 9.66. The van der Waals surface area contributed by atoms with Crippen molar-refractivity contribution in [2.24, 2.45) is 5.92 Å². The maximum Gasteiger partial charge on any atom is 0.215 e. The molecule has 0 saturated heterocycles. The molecule has 0 aromatic carbocycles. The van der Waals surface area contributed by atoms with E-state index in [1.54, 1.807) is 6.92 Å². The Morgan fingerprint density at radius 2 is 1.68 bits per heavy atom. The van der Waals surface area contributed by atoms with Gasteiger partial charge >= 0.3 is 0 Å². The predicted octanol–water partition coefficient (Wildman–Crippen LogP) is 2.51. The third-order valence-electron chi connectivity index (χ3n) is 3.17. The normalized spacial score (nSPS) is 15.7. The Morgan fingerprint density at radius 1 is 1.05 bits per heavy atom. The average Bonchev–Trinajstić information content (AvgIpc) is 2.27. The van der Waals surface area contributed by atoms with Crippen LogP contribution in [-0.2, 0) is 10.0 Å². The monoisotopic (exact) mass is 292 g/mol. The zero-order valence-corrected chi connectivity index (χ0v) is 14.0. The number of hydrogen-bond donors (Lipinski definition) is 2. The molecule has 0 aromatic rings. The molecule has 0 bridgehead atoms. The fourth-order valence-electron chi connectivity index (χ4n) is 1.88. The van der Waals surface area contributed by atoms with Crippen molar-refractivity contribution in [3.63, 3.8) is 0 Å². The van der Waals surface area contributed by atoms with E-state index in [2.05, 4.69) is 30.8 Å². The van der Waals surface area contributed by atoms with Crippen LogP contribution in [0.4, 0.5) is 0 Å². The Labute approximate surface area is 119 Å². The van der Waals surface area contributed by atoms with Crippen LogP contribution in [0.2, 0.25) is 0 Å². The predicted molar refractivity (Wildman–Crippen MR) is 82.8 cm³/mol. The van der Waals surface area contributed by atoms with Crippen LogP contribution in [0.3, 0.4) is 0 Å². The van der Waals surface area contributed by atoms with Crippen molar-refractivity contribution in [3.8, 4) is 0 Å². The molecular formula is C14H32N2O2S. The van der Waals surface area contributed by atoms with Gasteiger partial charge in [0.2, 0.25) is 10.0 Å². The lowest BCUT2D eigenvalue weighted by molar-refractivity contribution is 0.484. The second-order valence-corrected chi connectivity index (χ2v) is 8.03. The van der Waals surface area contributed by atoms with Crippen molar-refractivity contribution in [3.05, 3.63) is 0 Å². The third-order valence-corrected chi connectivity index (χ3v) is 5.13. The third kappa shape index (κ3) is 9.41. The summed E-state index contributed by atoms with van der Waals surface area (Å²) in [6.45, 7) is 11.5. The van der Waals surface area contributed by atoms with E-state index in [0.717, 1.165) is 32.2 Å². The molecule has 0 radical (unpaired) electrons. The summed E-state index contributed by atoms with van der Waals surface area (Å²) in [5.74, 6) is 0.681. The fourth-order valence-corrected chi connectivity index (χ4v) is 3.13. The van der Waals surface area contributed by atoms with E-state index in [0.29, 0.717) is 12.5 Å². The molecule has 0 amide bonds. The first-order chi connectivity index (χ1) is 8.79. The van der Waals surface area contributed by atoms with E-state index in [9.17, 15) is 8.42 Å². The molecule has 2 unspecified atom stereocenters. The second kappa shape index (κ2) is 9.72. The van der Waals surface area contributed by atoms with Gasteiger partial charge in [-0.1, -0.05) is 33.6 Å². The molecule has 2 N–H and O–H groups in total. The molecule has 0 spiro atoms. The van der Waals surface area contributed by atoms with Crippen LogP contribution in [0, 0.1) is 5.92 Å². The molecule has 0 aliphatic rings. The lowest BCUT2D eigenvalue weighted by atomic mass is 10.0. The molecule has 0 fully saturated rings. The van der Waals surface area contributed by atoms with Gasteiger partial charge in [0.05, 0.1) is 5.25 Å². The van der Waals surface area contributed by atoms with Crippen LogP contribution >= 0.6 is 0 Å². The van der Waals surface area contributed by atoms with Gasteiger partial charge in [0.1, 0.15) is 0 Å². The summed E-state index contributed by atoms with van der Waals surface area (Å²) in [5, 5.41) is 2.77. The number of nitrogens with one attached hydrogen (secondary N) is 2. The molecule has 0 saturated carbocycles. The zero-order valence-electron chi connectivity index (χ0n) is 13.2. The molecular weight excluding hydrogens is 260 g/mol. The fraction of sp³-hybridized carbons (Fsp3) is 1.00. The summed E-state index contributed by atoms with van der Waals surface area (Å²) in [5.41, 5.74) is 0. The molecule has 116 valence electrons. The van der Waals surface area contributed by atoms with E-state index in [4.69, 9.17) is 0 Å². The van der Waals surface area contributed by atoms with Gasteiger partial charge in [-0.05, 0) is 39.2 Å². The molecule has 0 heterocycles. The number of rotatable bonds is 11. The highest BCUT2D eigenvalue weighted by atomic mass is 32.2. The summed E-state index contributed by atoms with van der Waals surface area (Å²) in [7, 11) is -3.20. The van der Waals surface area contributed by atoms with Crippen molar-refractivity contribution in [2.45, 2.75) is 71.6 Å². The quantitative estimate of drug-likeness (QED) is 0.575. The summed E-state index contributed by atoms with van der Waals surface area (Å²) < 4.78 is 27.0. The largest absolute Gasteiger partial charge is 0.315 e. The number of hydrogen-bond acceptors (Lipinski definition) is 3. The van der Waals surface area contributed by atoms with Crippen LogP contribution in [0.5, 0.6) is 0 Å². The van der Waals surface area contributed by atoms with Gasteiger partial charge in [0.15, 0.2) is 0 Å². The highest BCUT2D eigenvalue weighted by Crippen LogP contribution is 2.09. The first-order valence-electron chi connectivity index (χ1n) is 7.51. The zero-order chi connectivity index (χ0) is 14.9. The van der Waals surface area contributed by atoms with Crippen molar-refractivity contribution in [1.82, 2.24) is 10.0 Å². The molecule has 0 aliphatic carbocycles. The lowest BCUT2D eigenvalue weighted by Crippen LogP contribution is -2.42. The second-order valence-electron chi connectivity index (χ2n) is 5.90. The van der Waals surface area contributed by atoms with E-state index >= 15 is 0 Å². The summed E-state index contributed by atoms with van der Waals surface area (Å²) in [6, 6.07) is 0.0253. The van der Waals surface area contributed by atoms with Gasteiger partial charge in [0, 0.05) is 12.6 Å². The molecule has 0 rings (SSSR count).